The summed E-state index contributed by atoms with van der Waals surface area (Å²) in [7, 11) is 1.57. The highest BCUT2D eigenvalue weighted by Crippen LogP contribution is 2.36. The van der Waals surface area contributed by atoms with E-state index in [2.05, 4.69) is 0 Å². The maximum Gasteiger partial charge on any atom is 0.187 e. The molecule has 0 radical (unpaired) electrons. The molecule has 64 valence electrons. The normalized spacial score (nSPS) is 55.4. The fraction of sp³-hybridized carbons (Fsp3) is 1.00. The predicted molar refractivity (Wildman–Crippen MR) is 36.0 cm³/mol. The van der Waals surface area contributed by atoms with E-state index < -0.39 is 6.10 Å². The summed E-state index contributed by atoms with van der Waals surface area (Å²) in [6.45, 7) is 1.81. The van der Waals surface area contributed by atoms with Crippen molar-refractivity contribution in [3.05, 3.63) is 0 Å². The molecule has 0 saturated carbocycles. The molecule has 2 aliphatic heterocycles. The van der Waals surface area contributed by atoms with Crippen LogP contribution in [0, 0.1) is 0 Å². The van der Waals surface area contributed by atoms with Crippen molar-refractivity contribution in [3.63, 3.8) is 0 Å². The minimum atomic E-state index is -0.566. The fourth-order valence-electron chi connectivity index (χ4n) is 1.48. The summed E-state index contributed by atoms with van der Waals surface area (Å²) in [4.78, 5) is 0. The first-order valence-electron chi connectivity index (χ1n) is 3.76. The first-order chi connectivity index (χ1) is 5.24. The van der Waals surface area contributed by atoms with Crippen LogP contribution in [0.2, 0.25) is 0 Å². The highest BCUT2D eigenvalue weighted by atomic mass is 16.8. The third-order valence-electron chi connectivity index (χ3n) is 2.25. The Labute approximate surface area is 65.1 Å². The summed E-state index contributed by atoms with van der Waals surface area (Å²) in [5, 5.41) is 9.50. The van der Waals surface area contributed by atoms with Gasteiger partial charge < -0.3 is 19.3 Å². The van der Waals surface area contributed by atoms with Crippen LogP contribution in [0.5, 0.6) is 0 Å². The highest BCUT2D eigenvalue weighted by Gasteiger charge is 2.55. The molecule has 2 aliphatic rings. The minimum Gasteiger partial charge on any atom is -0.388 e. The van der Waals surface area contributed by atoms with Gasteiger partial charge in [0.25, 0.3) is 0 Å². The number of hydrogen-bond donors (Lipinski definition) is 1. The van der Waals surface area contributed by atoms with Gasteiger partial charge in [0, 0.05) is 7.11 Å². The van der Waals surface area contributed by atoms with E-state index in [0.717, 1.165) is 0 Å². The Morgan fingerprint density at radius 1 is 1.36 bits per heavy atom. The van der Waals surface area contributed by atoms with Crippen molar-refractivity contribution in [1.82, 2.24) is 0 Å². The SMILES string of the molecule is COC1C(O)C(C)OC2OC21. The average molecular weight is 160 g/mol. The van der Waals surface area contributed by atoms with Crippen molar-refractivity contribution in [2.75, 3.05) is 7.11 Å². The molecule has 2 saturated heterocycles. The summed E-state index contributed by atoms with van der Waals surface area (Å²) in [6.07, 6.45) is -1.17. The Hall–Kier alpha value is -0.160. The first kappa shape index (κ1) is 7.49. The number of aliphatic hydroxyl groups is 1. The minimum absolute atomic E-state index is 0.0498. The van der Waals surface area contributed by atoms with Gasteiger partial charge in [-0.15, -0.1) is 0 Å². The Balaban J connectivity index is 2.05. The molecule has 2 heterocycles. The molecule has 4 heteroatoms. The van der Waals surface area contributed by atoms with Crippen LogP contribution in [-0.4, -0.2) is 42.9 Å². The lowest BCUT2D eigenvalue weighted by Gasteiger charge is -2.28. The van der Waals surface area contributed by atoms with Crippen LogP contribution in [0.4, 0.5) is 0 Å². The first-order valence-corrected chi connectivity index (χ1v) is 3.76. The third kappa shape index (κ3) is 1.06. The smallest absolute Gasteiger partial charge is 0.187 e. The summed E-state index contributed by atoms with van der Waals surface area (Å²) < 4.78 is 15.4. The molecule has 1 N–H and O–H groups in total. The van der Waals surface area contributed by atoms with Crippen molar-refractivity contribution in [2.24, 2.45) is 0 Å². The van der Waals surface area contributed by atoms with E-state index in [1.54, 1.807) is 7.11 Å². The summed E-state index contributed by atoms with van der Waals surface area (Å²) >= 11 is 0. The monoisotopic (exact) mass is 160 g/mol. The molecule has 5 atom stereocenters. The van der Waals surface area contributed by atoms with E-state index in [1.807, 2.05) is 6.92 Å². The molecule has 0 bridgehead atoms. The molecule has 11 heavy (non-hydrogen) atoms. The molecular weight excluding hydrogens is 148 g/mol. The summed E-state index contributed by atoms with van der Waals surface area (Å²) in [6, 6.07) is 0. The fourth-order valence-corrected chi connectivity index (χ4v) is 1.48. The Kier molecular flexibility index (Phi) is 1.64. The van der Waals surface area contributed by atoms with Crippen LogP contribution in [0.3, 0.4) is 0 Å². The van der Waals surface area contributed by atoms with Crippen LogP contribution in [0.25, 0.3) is 0 Å². The van der Waals surface area contributed by atoms with E-state index in [0.29, 0.717) is 0 Å². The van der Waals surface area contributed by atoms with E-state index in [4.69, 9.17) is 14.2 Å². The highest BCUT2D eigenvalue weighted by molar-refractivity contribution is 4.96. The van der Waals surface area contributed by atoms with E-state index in [9.17, 15) is 5.11 Å². The summed E-state index contributed by atoms with van der Waals surface area (Å²) in [5.41, 5.74) is 0. The van der Waals surface area contributed by atoms with E-state index >= 15 is 0 Å². The number of rotatable bonds is 1. The molecule has 0 spiro atoms. The van der Waals surface area contributed by atoms with Gasteiger partial charge in [-0.25, -0.2) is 0 Å². The van der Waals surface area contributed by atoms with Crippen LogP contribution < -0.4 is 0 Å². The van der Waals surface area contributed by atoms with Gasteiger partial charge in [0.2, 0.25) is 0 Å². The maximum atomic E-state index is 9.50. The zero-order valence-electron chi connectivity index (χ0n) is 6.56. The van der Waals surface area contributed by atoms with Gasteiger partial charge in [-0.2, -0.15) is 0 Å². The van der Waals surface area contributed by atoms with Gasteiger partial charge in [0.1, 0.15) is 18.3 Å². The number of epoxide rings is 1. The van der Waals surface area contributed by atoms with Crippen LogP contribution in [-0.2, 0) is 14.2 Å². The molecule has 0 aromatic carbocycles. The number of methoxy groups -OCH3 is 1. The quantitative estimate of drug-likeness (QED) is 0.526. The molecule has 2 fully saturated rings. The molecular formula is C7H12O4. The lowest BCUT2D eigenvalue weighted by Crippen LogP contribution is -2.46. The van der Waals surface area contributed by atoms with Gasteiger partial charge in [0.05, 0.1) is 6.10 Å². The van der Waals surface area contributed by atoms with Gasteiger partial charge in [-0.3, -0.25) is 0 Å². The Morgan fingerprint density at radius 3 is 2.73 bits per heavy atom. The number of fused-ring (bicyclic) bond motifs is 1. The van der Waals surface area contributed by atoms with Crippen LogP contribution in [0.15, 0.2) is 0 Å². The lowest BCUT2D eigenvalue weighted by molar-refractivity contribution is -0.132. The maximum absolute atomic E-state index is 9.50. The molecule has 0 amide bonds. The van der Waals surface area contributed by atoms with Crippen LogP contribution >= 0.6 is 0 Å². The molecule has 0 aliphatic carbocycles. The zero-order chi connectivity index (χ0) is 8.01. The van der Waals surface area contributed by atoms with Gasteiger partial charge in [-0.1, -0.05) is 0 Å². The van der Waals surface area contributed by atoms with Crippen molar-refractivity contribution in [2.45, 2.75) is 37.6 Å². The second kappa shape index (κ2) is 2.42. The second-order valence-corrected chi connectivity index (χ2v) is 3.00. The predicted octanol–water partition coefficient (Wildman–Crippen LogP) is -0.494. The van der Waals surface area contributed by atoms with Crippen molar-refractivity contribution in [3.8, 4) is 0 Å². The third-order valence-corrected chi connectivity index (χ3v) is 2.25. The molecule has 0 aromatic heterocycles. The molecule has 5 unspecified atom stereocenters. The molecule has 0 aromatic rings. The topological polar surface area (TPSA) is 51.2 Å². The van der Waals surface area contributed by atoms with Gasteiger partial charge >= 0.3 is 0 Å². The Morgan fingerprint density at radius 2 is 2.09 bits per heavy atom. The number of aliphatic hydroxyl groups excluding tert-OH is 1. The number of ether oxygens (including phenoxy) is 3. The van der Waals surface area contributed by atoms with Gasteiger partial charge in [-0.05, 0) is 6.92 Å². The molecule has 4 nitrogen and oxygen atoms in total. The summed E-state index contributed by atoms with van der Waals surface area (Å²) in [5.74, 6) is 0. The van der Waals surface area contributed by atoms with Crippen molar-refractivity contribution in [1.29, 1.82) is 0 Å². The number of hydrogen-bond acceptors (Lipinski definition) is 4. The zero-order valence-corrected chi connectivity index (χ0v) is 6.56. The Bertz CT molecular complexity index is 161. The lowest BCUT2D eigenvalue weighted by atomic mass is 10.0. The van der Waals surface area contributed by atoms with Crippen LogP contribution in [0.1, 0.15) is 6.92 Å². The standard InChI is InChI=1S/C7H12O4/c1-3-4(8)5(9-2)6-7(10-3)11-6/h3-8H,1-2H3. The van der Waals surface area contributed by atoms with Crippen molar-refractivity contribution < 1.29 is 19.3 Å². The second-order valence-electron chi connectivity index (χ2n) is 3.00. The molecule has 2 rings (SSSR count). The average Bonchev–Trinajstić information content (AvgIpc) is 2.69. The largest absolute Gasteiger partial charge is 0.388 e. The van der Waals surface area contributed by atoms with Crippen molar-refractivity contribution >= 4 is 0 Å². The van der Waals surface area contributed by atoms with Gasteiger partial charge in [0.15, 0.2) is 6.29 Å². The van der Waals surface area contributed by atoms with E-state index in [-0.39, 0.29) is 24.6 Å². The van der Waals surface area contributed by atoms with E-state index in [1.165, 1.54) is 0 Å².